The van der Waals surface area contributed by atoms with E-state index in [2.05, 4.69) is 94.9 Å². The van der Waals surface area contributed by atoms with Crippen LogP contribution in [0.2, 0.25) is 0 Å². The van der Waals surface area contributed by atoms with E-state index in [1.54, 1.807) is 0 Å². The molecule has 2 heterocycles. The first-order chi connectivity index (χ1) is 24.6. The molecular weight excluding hydrogens is 611 g/mol. The number of aromatic nitrogens is 2. The number of amidine groups is 2. The van der Waals surface area contributed by atoms with Crippen LogP contribution in [-0.4, -0.2) is 27.9 Å². The minimum absolute atomic E-state index is 0.159. The van der Waals surface area contributed by atoms with E-state index in [1.165, 1.54) is 10.8 Å². The molecule has 5 nitrogen and oxygen atoms in total. The van der Waals surface area contributed by atoms with Crippen LogP contribution in [0, 0.1) is 12.3 Å². The molecule has 2 aromatic heterocycles. The fourth-order valence-electron chi connectivity index (χ4n) is 6.28. The number of aromatic amines is 1. The third-order valence-corrected chi connectivity index (χ3v) is 8.83. The Kier molecular flexibility index (Phi) is 8.21. The zero-order valence-electron chi connectivity index (χ0n) is 27.5. The third-order valence-electron chi connectivity index (χ3n) is 8.83. The Morgan fingerprint density at radius 1 is 0.560 bits per heavy atom. The molecule has 50 heavy (non-hydrogen) atoms. The second-order valence-corrected chi connectivity index (χ2v) is 12.3. The molecule has 0 aliphatic carbocycles. The summed E-state index contributed by atoms with van der Waals surface area (Å²) in [4.78, 5) is 17.9. The molecule has 0 fully saturated rings. The van der Waals surface area contributed by atoms with E-state index >= 15 is 0 Å². The number of aryl methyl sites for hydroxylation is 1. The Bertz CT molecular complexity index is 2540. The maximum absolute atomic E-state index is 8.72. The van der Waals surface area contributed by atoms with Gasteiger partial charge in [0.25, 0.3) is 0 Å². The lowest BCUT2D eigenvalue weighted by Gasteiger charge is -2.11. The van der Waals surface area contributed by atoms with Crippen LogP contribution >= 0.6 is 0 Å². The molecule has 0 bridgehead atoms. The summed E-state index contributed by atoms with van der Waals surface area (Å²) in [6.07, 6.45) is 1.85. The zero-order chi connectivity index (χ0) is 33.9. The number of benzene rings is 6. The number of aliphatic imine (C=N–C) groups is 2. The normalized spacial score (nSPS) is 11.8. The molecule has 0 atom stereocenters. The topological polar surface area (TPSA) is 77.2 Å². The van der Waals surface area contributed by atoms with Crippen LogP contribution in [0.1, 0.15) is 22.4 Å². The maximum atomic E-state index is 8.72. The molecule has 0 unspecified atom stereocenters. The molecule has 0 radical (unpaired) electrons. The molecule has 8 rings (SSSR count). The Morgan fingerprint density at radius 2 is 1.20 bits per heavy atom. The van der Waals surface area contributed by atoms with Gasteiger partial charge in [-0.3, -0.25) is 10.4 Å². The monoisotopic (exact) mass is 643 g/mol. The summed E-state index contributed by atoms with van der Waals surface area (Å²) in [5.74, 6) is 0.632. The van der Waals surface area contributed by atoms with Crippen molar-refractivity contribution in [3.8, 4) is 33.5 Å². The van der Waals surface area contributed by atoms with Crippen LogP contribution in [0.25, 0.3) is 55.3 Å². The van der Waals surface area contributed by atoms with Crippen LogP contribution in [-0.2, 0) is 0 Å². The number of H-pyrrole nitrogens is 1. The van der Waals surface area contributed by atoms with Crippen LogP contribution in [0.15, 0.2) is 174 Å². The van der Waals surface area contributed by atoms with E-state index in [1.807, 2.05) is 92.0 Å². The smallest absolute Gasteiger partial charge is 0.161 e. The lowest BCUT2D eigenvalue weighted by Crippen LogP contribution is -2.04. The first-order valence-corrected chi connectivity index (χ1v) is 16.6. The third kappa shape index (κ3) is 6.40. The molecular formula is C45H33N5. The van der Waals surface area contributed by atoms with Gasteiger partial charge in [0.1, 0.15) is 0 Å². The number of hydrogen-bond donors (Lipinski definition) is 2. The van der Waals surface area contributed by atoms with Crippen molar-refractivity contribution in [1.29, 1.82) is 5.41 Å². The van der Waals surface area contributed by atoms with Crippen molar-refractivity contribution in [1.82, 2.24) is 9.97 Å². The zero-order valence-corrected chi connectivity index (χ0v) is 27.5. The van der Waals surface area contributed by atoms with Gasteiger partial charge in [-0.2, -0.15) is 0 Å². The lowest BCUT2D eigenvalue weighted by molar-refractivity contribution is 1.21. The van der Waals surface area contributed by atoms with Gasteiger partial charge >= 0.3 is 0 Å². The fourth-order valence-corrected chi connectivity index (χ4v) is 6.28. The number of rotatable bonds is 6. The van der Waals surface area contributed by atoms with Crippen LogP contribution in [0.3, 0.4) is 0 Å². The van der Waals surface area contributed by atoms with E-state index in [-0.39, 0.29) is 5.84 Å². The minimum atomic E-state index is 0.159. The Hall–Kier alpha value is -6.72. The molecule has 0 saturated carbocycles. The molecule has 6 aromatic carbocycles. The van der Waals surface area contributed by atoms with Gasteiger partial charge in [0.05, 0.1) is 5.69 Å². The first kappa shape index (κ1) is 30.6. The summed E-state index contributed by atoms with van der Waals surface area (Å²) in [6.45, 7) is 2.01. The van der Waals surface area contributed by atoms with Gasteiger partial charge in [0, 0.05) is 50.4 Å². The Labute approximate surface area is 290 Å². The average Bonchev–Trinajstić information content (AvgIpc) is 3.55. The van der Waals surface area contributed by atoms with Gasteiger partial charge in [0.15, 0.2) is 11.7 Å². The van der Waals surface area contributed by atoms with Crippen molar-refractivity contribution in [2.45, 2.75) is 6.92 Å². The van der Waals surface area contributed by atoms with Crippen molar-refractivity contribution >= 4 is 39.7 Å². The molecule has 0 saturated heterocycles. The number of fused-ring (bicyclic) bond motifs is 3. The number of nitrogens with zero attached hydrogens (tertiary/aromatic N) is 3. The summed E-state index contributed by atoms with van der Waals surface area (Å²) in [5.41, 5.74) is 12.1. The minimum Gasteiger partial charge on any atom is -0.355 e. The van der Waals surface area contributed by atoms with Gasteiger partial charge < -0.3 is 4.98 Å². The van der Waals surface area contributed by atoms with Gasteiger partial charge in [-0.25, -0.2) is 9.98 Å². The Balaban J connectivity index is 1.23. The highest BCUT2D eigenvalue weighted by molar-refractivity contribution is 6.13. The quantitative estimate of drug-likeness (QED) is 0.137. The second kappa shape index (κ2) is 13.4. The predicted molar refractivity (Wildman–Crippen MR) is 208 cm³/mol. The second-order valence-electron chi connectivity index (χ2n) is 12.3. The highest BCUT2D eigenvalue weighted by Gasteiger charge is 2.11. The summed E-state index contributed by atoms with van der Waals surface area (Å²) in [7, 11) is 0. The molecule has 0 aliphatic heterocycles. The van der Waals surface area contributed by atoms with Gasteiger partial charge in [0.2, 0.25) is 0 Å². The van der Waals surface area contributed by atoms with Crippen molar-refractivity contribution in [3.05, 3.63) is 186 Å². The number of pyridine rings is 1. The van der Waals surface area contributed by atoms with Crippen LogP contribution in [0.5, 0.6) is 0 Å². The van der Waals surface area contributed by atoms with E-state index in [0.717, 1.165) is 66.9 Å². The largest absolute Gasteiger partial charge is 0.355 e. The van der Waals surface area contributed by atoms with Crippen LogP contribution in [0.4, 0.5) is 0 Å². The average molecular weight is 644 g/mol. The van der Waals surface area contributed by atoms with Crippen molar-refractivity contribution in [2.75, 3.05) is 0 Å². The highest BCUT2D eigenvalue weighted by Crippen LogP contribution is 2.33. The molecule has 5 heteroatoms. The van der Waals surface area contributed by atoms with Crippen molar-refractivity contribution in [3.63, 3.8) is 0 Å². The molecule has 8 aromatic rings. The number of para-hydroxylation sites is 1. The predicted octanol–water partition coefficient (Wildman–Crippen LogP) is 10.9. The van der Waals surface area contributed by atoms with Gasteiger partial charge in [-0.15, -0.1) is 0 Å². The van der Waals surface area contributed by atoms with Crippen LogP contribution < -0.4 is 0 Å². The summed E-state index contributed by atoms with van der Waals surface area (Å²) >= 11 is 0. The van der Waals surface area contributed by atoms with Gasteiger partial charge in [-0.1, -0.05) is 115 Å². The summed E-state index contributed by atoms with van der Waals surface area (Å²) < 4.78 is 0. The number of nitrogens with one attached hydrogen (secondary N) is 2. The molecule has 0 amide bonds. The molecule has 2 N–H and O–H groups in total. The number of hydrogen-bond acceptors (Lipinski definition) is 2. The Morgan fingerprint density at radius 3 is 1.96 bits per heavy atom. The van der Waals surface area contributed by atoms with E-state index in [4.69, 9.17) is 15.4 Å². The fraction of sp³-hybridized carbons (Fsp3) is 0.0222. The van der Waals surface area contributed by atoms with E-state index in [9.17, 15) is 0 Å². The molecule has 238 valence electrons. The standard InChI is InChI=1S/C45H33N5/c1-30-11-10-18-41(48-30)33-21-19-32(20-22-33)37-25-31(26-38(27-37)36-23-24-43-40(28-36)39-16-8-9-17-42(39)49-43)29-47-45(35-14-6-3-7-15-35)50-44(46)34-12-4-2-5-13-34/h2-29,46,49H,1H3. The van der Waals surface area contributed by atoms with Crippen molar-refractivity contribution in [2.24, 2.45) is 9.98 Å². The lowest BCUT2D eigenvalue weighted by atomic mass is 9.95. The van der Waals surface area contributed by atoms with Gasteiger partial charge in [-0.05, 0) is 83.3 Å². The molecule has 0 aliphatic rings. The highest BCUT2D eigenvalue weighted by atomic mass is 14.9. The van der Waals surface area contributed by atoms with E-state index < -0.39 is 0 Å². The van der Waals surface area contributed by atoms with E-state index in [0.29, 0.717) is 5.84 Å². The summed E-state index contributed by atoms with van der Waals surface area (Å²) in [5, 5.41) is 11.1. The van der Waals surface area contributed by atoms with Crippen molar-refractivity contribution < 1.29 is 0 Å². The maximum Gasteiger partial charge on any atom is 0.161 e. The first-order valence-electron chi connectivity index (χ1n) is 16.6. The molecule has 0 spiro atoms. The summed E-state index contributed by atoms with van der Waals surface area (Å²) in [6, 6.07) is 55.6. The SMILES string of the molecule is Cc1cccc(-c2ccc(-c3cc(C=NC(=NC(=N)c4ccccc4)c4ccccc4)cc(-c4ccc5[nH]c6ccccc6c5c4)c3)cc2)n1.